The third-order valence-electron chi connectivity index (χ3n) is 2.79. The molecular formula is C12H13F3N2. The van der Waals surface area contributed by atoms with Crippen LogP contribution in [0.5, 0.6) is 0 Å². The summed E-state index contributed by atoms with van der Waals surface area (Å²) in [5, 5.41) is 0. The molecule has 0 atom stereocenters. The second kappa shape index (κ2) is 4.39. The zero-order valence-electron chi connectivity index (χ0n) is 9.46. The van der Waals surface area contributed by atoms with E-state index >= 15 is 0 Å². The van der Waals surface area contributed by atoms with Crippen molar-refractivity contribution in [3.8, 4) is 0 Å². The van der Waals surface area contributed by atoms with Crippen LogP contribution in [-0.4, -0.2) is 24.2 Å². The lowest BCUT2D eigenvalue weighted by molar-refractivity contribution is -0.0944. The van der Waals surface area contributed by atoms with E-state index < -0.39 is 11.7 Å². The van der Waals surface area contributed by atoms with E-state index in [1.54, 1.807) is 6.20 Å². The van der Waals surface area contributed by atoms with Crippen LogP contribution in [0.1, 0.15) is 12.0 Å². The Morgan fingerprint density at radius 3 is 2.53 bits per heavy atom. The fraction of sp³-hybridized carbons (Fsp3) is 0.417. The maximum atomic E-state index is 12.4. The smallest absolute Gasteiger partial charge is 0.353 e. The van der Waals surface area contributed by atoms with Gasteiger partial charge in [0.05, 0.1) is 0 Å². The summed E-state index contributed by atoms with van der Waals surface area (Å²) < 4.78 is 37.3. The van der Waals surface area contributed by atoms with Crippen molar-refractivity contribution in [2.75, 3.05) is 18.0 Å². The number of hydrogen-bond acceptors (Lipinski definition) is 2. The van der Waals surface area contributed by atoms with Crippen molar-refractivity contribution < 1.29 is 13.2 Å². The summed E-state index contributed by atoms with van der Waals surface area (Å²) in [7, 11) is 0. The van der Waals surface area contributed by atoms with Gasteiger partial charge >= 0.3 is 6.18 Å². The van der Waals surface area contributed by atoms with Gasteiger partial charge in [0, 0.05) is 24.9 Å². The van der Waals surface area contributed by atoms with Gasteiger partial charge in [-0.3, -0.25) is 0 Å². The summed E-state index contributed by atoms with van der Waals surface area (Å²) in [4.78, 5) is 6.05. The average Bonchev–Trinajstić information content (AvgIpc) is 2.29. The number of hydrogen-bond donors (Lipinski definition) is 0. The molecule has 0 aliphatic carbocycles. The summed E-state index contributed by atoms with van der Waals surface area (Å²) in [5.74, 6) is 0.730. The molecule has 0 spiro atoms. The molecule has 0 saturated heterocycles. The fourth-order valence-corrected chi connectivity index (χ4v) is 1.78. The van der Waals surface area contributed by atoms with Crippen molar-refractivity contribution in [2.45, 2.75) is 19.5 Å². The van der Waals surface area contributed by atoms with Crippen LogP contribution in [0.4, 0.5) is 19.0 Å². The van der Waals surface area contributed by atoms with Crippen LogP contribution in [0.15, 0.2) is 30.0 Å². The first kappa shape index (κ1) is 12.0. The lowest BCUT2D eigenvalue weighted by atomic mass is 10.1. The summed E-state index contributed by atoms with van der Waals surface area (Å²) in [6, 6.07) is 3.74. The largest absolute Gasteiger partial charge is 0.412 e. The maximum absolute atomic E-state index is 12.4. The molecule has 0 radical (unpaired) electrons. The standard InChI is InChI=1S/C12H13F3N2/c1-9-2-3-11(16-8-9)17-6-4-10(5-7-17)12(13,14)15/h2-4,8H,5-7H2,1H3. The third kappa shape index (κ3) is 2.78. The minimum atomic E-state index is -4.19. The normalized spacial score (nSPS) is 16.9. The minimum Gasteiger partial charge on any atom is -0.353 e. The molecule has 0 bridgehead atoms. The van der Waals surface area contributed by atoms with Crippen LogP contribution in [-0.2, 0) is 0 Å². The number of pyridine rings is 1. The van der Waals surface area contributed by atoms with Crippen LogP contribution in [0.3, 0.4) is 0 Å². The Morgan fingerprint density at radius 2 is 2.06 bits per heavy atom. The molecule has 0 N–H and O–H groups in total. The number of aryl methyl sites for hydroxylation is 1. The number of anilines is 1. The molecule has 5 heteroatoms. The molecule has 0 saturated carbocycles. The highest BCUT2D eigenvalue weighted by Crippen LogP contribution is 2.31. The number of alkyl halides is 3. The van der Waals surface area contributed by atoms with Gasteiger partial charge in [-0.25, -0.2) is 4.98 Å². The van der Waals surface area contributed by atoms with Crippen molar-refractivity contribution >= 4 is 5.82 Å². The summed E-state index contributed by atoms with van der Waals surface area (Å²) in [6.07, 6.45) is -1.20. The van der Waals surface area contributed by atoms with E-state index in [1.807, 2.05) is 24.0 Å². The molecular weight excluding hydrogens is 229 g/mol. The number of halogens is 3. The number of rotatable bonds is 1. The maximum Gasteiger partial charge on any atom is 0.412 e. The molecule has 1 aliphatic heterocycles. The Kier molecular flexibility index (Phi) is 3.09. The Morgan fingerprint density at radius 1 is 1.29 bits per heavy atom. The van der Waals surface area contributed by atoms with Gasteiger partial charge in [-0.2, -0.15) is 13.2 Å². The van der Waals surface area contributed by atoms with E-state index in [0.717, 1.165) is 11.4 Å². The molecule has 17 heavy (non-hydrogen) atoms. The first-order valence-corrected chi connectivity index (χ1v) is 5.40. The SMILES string of the molecule is Cc1ccc(N2CC=C(C(F)(F)F)CC2)nc1. The highest BCUT2D eigenvalue weighted by atomic mass is 19.4. The quantitative estimate of drug-likeness (QED) is 0.703. The summed E-state index contributed by atoms with van der Waals surface area (Å²) in [5.41, 5.74) is 0.609. The van der Waals surface area contributed by atoms with E-state index in [-0.39, 0.29) is 13.0 Å². The first-order valence-electron chi connectivity index (χ1n) is 5.40. The second-order valence-electron chi connectivity index (χ2n) is 4.12. The Hall–Kier alpha value is -1.52. The number of nitrogens with zero attached hydrogens (tertiary/aromatic N) is 2. The third-order valence-corrected chi connectivity index (χ3v) is 2.79. The van der Waals surface area contributed by atoms with Crippen LogP contribution in [0, 0.1) is 6.92 Å². The van der Waals surface area contributed by atoms with Crippen molar-refractivity contribution in [3.63, 3.8) is 0 Å². The monoisotopic (exact) mass is 242 g/mol. The van der Waals surface area contributed by atoms with E-state index in [2.05, 4.69) is 4.98 Å². The second-order valence-corrected chi connectivity index (χ2v) is 4.12. The molecule has 2 heterocycles. The van der Waals surface area contributed by atoms with Crippen molar-refractivity contribution in [1.29, 1.82) is 0 Å². The van der Waals surface area contributed by atoms with Crippen molar-refractivity contribution in [1.82, 2.24) is 4.98 Å². The van der Waals surface area contributed by atoms with Crippen molar-refractivity contribution in [3.05, 3.63) is 35.5 Å². The van der Waals surface area contributed by atoms with E-state index in [4.69, 9.17) is 0 Å². The fourth-order valence-electron chi connectivity index (χ4n) is 1.78. The van der Waals surface area contributed by atoms with Gasteiger partial charge in [-0.05, 0) is 25.0 Å². The summed E-state index contributed by atoms with van der Waals surface area (Å²) >= 11 is 0. The van der Waals surface area contributed by atoms with Gasteiger partial charge in [-0.15, -0.1) is 0 Å². The minimum absolute atomic E-state index is 0.0268. The highest BCUT2D eigenvalue weighted by molar-refractivity contribution is 5.42. The topological polar surface area (TPSA) is 16.1 Å². The van der Waals surface area contributed by atoms with E-state index in [0.29, 0.717) is 6.54 Å². The lowest BCUT2D eigenvalue weighted by Crippen LogP contribution is -2.32. The van der Waals surface area contributed by atoms with Gasteiger partial charge in [0.25, 0.3) is 0 Å². The first-order chi connectivity index (χ1) is 7.97. The molecule has 0 amide bonds. The highest BCUT2D eigenvalue weighted by Gasteiger charge is 2.34. The van der Waals surface area contributed by atoms with E-state index in [1.165, 1.54) is 6.08 Å². The van der Waals surface area contributed by atoms with Gasteiger partial charge < -0.3 is 4.90 Å². The Bertz CT molecular complexity index is 420. The van der Waals surface area contributed by atoms with Crippen LogP contribution in [0.25, 0.3) is 0 Å². The van der Waals surface area contributed by atoms with Gasteiger partial charge in [0.2, 0.25) is 0 Å². The summed E-state index contributed by atoms with van der Waals surface area (Å²) in [6.45, 7) is 2.56. The molecule has 2 nitrogen and oxygen atoms in total. The Balaban J connectivity index is 2.09. The van der Waals surface area contributed by atoms with Gasteiger partial charge in [0.15, 0.2) is 0 Å². The molecule has 0 fully saturated rings. The lowest BCUT2D eigenvalue weighted by Gasteiger charge is -2.28. The molecule has 1 aromatic heterocycles. The molecule has 0 aromatic carbocycles. The van der Waals surface area contributed by atoms with Crippen LogP contribution in [0.2, 0.25) is 0 Å². The van der Waals surface area contributed by atoms with Crippen molar-refractivity contribution in [2.24, 2.45) is 0 Å². The average molecular weight is 242 g/mol. The molecule has 0 unspecified atom stereocenters. The molecule has 2 rings (SSSR count). The van der Waals surface area contributed by atoms with Crippen LogP contribution < -0.4 is 4.90 Å². The molecule has 1 aromatic rings. The predicted molar refractivity (Wildman–Crippen MR) is 59.9 cm³/mol. The number of aromatic nitrogens is 1. The zero-order valence-corrected chi connectivity index (χ0v) is 9.46. The van der Waals surface area contributed by atoms with Gasteiger partial charge in [-0.1, -0.05) is 12.1 Å². The molecule has 92 valence electrons. The molecule has 1 aliphatic rings. The Labute approximate surface area is 97.8 Å². The van der Waals surface area contributed by atoms with E-state index in [9.17, 15) is 13.2 Å². The van der Waals surface area contributed by atoms with Crippen LogP contribution >= 0.6 is 0 Å². The zero-order chi connectivity index (χ0) is 12.5. The van der Waals surface area contributed by atoms with Gasteiger partial charge in [0.1, 0.15) is 5.82 Å². The predicted octanol–water partition coefficient (Wildman–Crippen LogP) is 3.09.